The highest BCUT2D eigenvalue weighted by molar-refractivity contribution is 5.99. The number of amides is 2. The third kappa shape index (κ3) is 4.06. The van der Waals surface area contributed by atoms with Gasteiger partial charge in [-0.05, 0) is 31.4 Å². The van der Waals surface area contributed by atoms with Crippen molar-refractivity contribution in [3.63, 3.8) is 0 Å². The fraction of sp³-hybridized carbons (Fsp3) is 0.529. The van der Waals surface area contributed by atoms with Gasteiger partial charge in [-0.25, -0.2) is 0 Å². The molecule has 4 heteroatoms. The van der Waals surface area contributed by atoms with Crippen LogP contribution in [0.3, 0.4) is 0 Å². The lowest BCUT2D eigenvalue weighted by molar-refractivity contribution is -0.134. The van der Waals surface area contributed by atoms with Gasteiger partial charge in [0.2, 0.25) is 11.8 Å². The van der Waals surface area contributed by atoms with Crippen molar-refractivity contribution in [2.75, 3.05) is 18.4 Å². The first-order valence-electron chi connectivity index (χ1n) is 7.82. The predicted molar refractivity (Wildman–Crippen MR) is 83.8 cm³/mol. The van der Waals surface area contributed by atoms with E-state index >= 15 is 0 Å². The number of benzene rings is 1. The highest BCUT2D eigenvalue weighted by atomic mass is 16.2. The quantitative estimate of drug-likeness (QED) is 0.838. The molecule has 0 saturated heterocycles. The molecule has 1 saturated carbocycles. The third-order valence-electron chi connectivity index (χ3n) is 3.78. The average Bonchev–Trinajstić information content (AvgIpc) is 3.28. The Kier molecular flexibility index (Phi) is 5.37. The summed E-state index contributed by atoms with van der Waals surface area (Å²) in [5.41, 5.74) is 0.791. The van der Waals surface area contributed by atoms with Crippen LogP contribution in [-0.4, -0.2) is 29.8 Å². The van der Waals surface area contributed by atoms with E-state index in [1.165, 1.54) is 0 Å². The van der Waals surface area contributed by atoms with Crippen LogP contribution in [0.4, 0.5) is 5.69 Å². The summed E-state index contributed by atoms with van der Waals surface area (Å²) in [7, 11) is 0. The third-order valence-corrected chi connectivity index (χ3v) is 3.78. The molecule has 2 atom stereocenters. The second-order valence-corrected chi connectivity index (χ2v) is 5.63. The summed E-state index contributed by atoms with van der Waals surface area (Å²) >= 11 is 0. The molecule has 2 unspecified atom stereocenters. The van der Waals surface area contributed by atoms with Crippen LogP contribution in [0.1, 0.15) is 33.1 Å². The molecule has 0 aromatic heterocycles. The lowest BCUT2D eigenvalue weighted by atomic mass is 10.2. The summed E-state index contributed by atoms with van der Waals surface area (Å²) in [5.74, 6) is -0.167. The Morgan fingerprint density at radius 3 is 2.29 bits per heavy atom. The van der Waals surface area contributed by atoms with Crippen molar-refractivity contribution >= 4 is 17.5 Å². The molecule has 114 valence electrons. The fourth-order valence-electron chi connectivity index (χ4n) is 2.62. The van der Waals surface area contributed by atoms with Gasteiger partial charge in [0.25, 0.3) is 0 Å². The summed E-state index contributed by atoms with van der Waals surface area (Å²) in [6, 6.07) is 9.40. The molecule has 1 aromatic rings. The van der Waals surface area contributed by atoms with E-state index in [2.05, 4.69) is 19.2 Å². The largest absolute Gasteiger partial charge is 0.342 e. The number of anilines is 1. The van der Waals surface area contributed by atoms with Crippen molar-refractivity contribution in [3.8, 4) is 0 Å². The van der Waals surface area contributed by atoms with E-state index < -0.39 is 0 Å². The van der Waals surface area contributed by atoms with Gasteiger partial charge in [0, 0.05) is 18.8 Å². The van der Waals surface area contributed by atoms with Crippen LogP contribution in [0.2, 0.25) is 0 Å². The molecule has 0 spiro atoms. The smallest absolute Gasteiger partial charge is 0.228 e. The lowest BCUT2D eigenvalue weighted by Gasteiger charge is -2.21. The minimum absolute atomic E-state index is 0.0347. The Morgan fingerprint density at radius 1 is 1.10 bits per heavy atom. The Morgan fingerprint density at radius 2 is 1.71 bits per heavy atom. The zero-order valence-corrected chi connectivity index (χ0v) is 12.8. The van der Waals surface area contributed by atoms with Crippen molar-refractivity contribution in [1.82, 2.24) is 4.90 Å². The van der Waals surface area contributed by atoms with E-state index in [9.17, 15) is 9.59 Å². The second kappa shape index (κ2) is 7.25. The highest BCUT2D eigenvalue weighted by Crippen LogP contribution is 2.40. The fourth-order valence-corrected chi connectivity index (χ4v) is 2.62. The molecule has 2 amide bonds. The van der Waals surface area contributed by atoms with Gasteiger partial charge in [-0.3, -0.25) is 9.59 Å². The molecule has 1 N–H and O–H groups in total. The molecule has 1 aliphatic carbocycles. The number of hydrogen-bond acceptors (Lipinski definition) is 2. The zero-order chi connectivity index (χ0) is 15.2. The van der Waals surface area contributed by atoms with Crippen molar-refractivity contribution in [2.24, 2.45) is 11.8 Å². The average molecular weight is 288 g/mol. The summed E-state index contributed by atoms with van der Waals surface area (Å²) in [6.45, 7) is 5.72. The van der Waals surface area contributed by atoms with E-state index in [1.54, 1.807) is 0 Å². The van der Waals surface area contributed by atoms with Gasteiger partial charge in [-0.15, -0.1) is 0 Å². The molecular weight excluding hydrogens is 264 g/mol. The summed E-state index contributed by atoms with van der Waals surface area (Å²) in [6.07, 6.45) is 2.60. The van der Waals surface area contributed by atoms with Gasteiger partial charge >= 0.3 is 0 Å². The molecule has 1 aromatic carbocycles. The van der Waals surface area contributed by atoms with Crippen LogP contribution >= 0.6 is 0 Å². The second-order valence-electron chi connectivity index (χ2n) is 5.63. The van der Waals surface area contributed by atoms with Crippen LogP contribution < -0.4 is 5.32 Å². The van der Waals surface area contributed by atoms with Crippen LogP contribution in [0, 0.1) is 11.8 Å². The van der Waals surface area contributed by atoms with Crippen LogP contribution in [-0.2, 0) is 9.59 Å². The van der Waals surface area contributed by atoms with E-state index in [4.69, 9.17) is 0 Å². The van der Waals surface area contributed by atoms with Crippen molar-refractivity contribution in [1.29, 1.82) is 0 Å². The van der Waals surface area contributed by atoms with E-state index in [1.807, 2.05) is 35.2 Å². The Labute approximate surface area is 126 Å². The lowest BCUT2D eigenvalue weighted by Crippen LogP contribution is -2.34. The standard InChI is InChI=1S/C17H24N2O2/c1-3-10-19(11-4-2)17(21)15-12-14(15)16(20)18-13-8-6-5-7-9-13/h5-9,14-15H,3-4,10-12H2,1-2H3,(H,18,20). The number of nitrogens with zero attached hydrogens (tertiary/aromatic N) is 1. The normalized spacial score (nSPS) is 19.9. The molecule has 0 bridgehead atoms. The molecule has 0 radical (unpaired) electrons. The Balaban J connectivity index is 1.88. The van der Waals surface area contributed by atoms with E-state index in [-0.39, 0.29) is 23.7 Å². The van der Waals surface area contributed by atoms with E-state index in [0.717, 1.165) is 31.6 Å². The molecule has 2 rings (SSSR count). The molecular formula is C17H24N2O2. The predicted octanol–water partition coefficient (Wildman–Crippen LogP) is 2.91. The Hall–Kier alpha value is -1.84. The van der Waals surface area contributed by atoms with Crippen LogP contribution in [0.5, 0.6) is 0 Å². The first kappa shape index (κ1) is 15.5. The number of para-hydroxylation sites is 1. The number of nitrogens with one attached hydrogen (secondary N) is 1. The van der Waals surface area contributed by atoms with Gasteiger partial charge in [0.1, 0.15) is 0 Å². The van der Waals surface area contributed by atoms with Gasteiger partial charge < -0.3 is 10.2 Å². The van der Waals surface area contributed by atoms with Gasteiger partial charge in [0.05, 0.1) is 11.8 Å². The van der Waals surface area contributed by atoms with Gasteiger partial charge in [0.15, 0.2) is 0 Å². The monoisotopic (exact) mass is 288 g/mol. The summed E-state index contributed by atoms with van der Waals surface area (Å²) < 4.78 is 0. The maximum Gasteiger partial charge on any atom is 0.228 e. The number of carbonyl (C=O) groups excluding carboxylic acids is 2. The van der Waals surface area contributed by atoms with E-state index in [0.29, 0.717) is 6.42 Å². The van der Waals surface area contributed by atoms with Crippen molar-refractivity contribution in [3.05, 3.63) is 30.3 Å². The SMILES string of the molecule is CCCN(CCC)C(=O)C1CC1C(=O)Nc1ccccc1. The van der Waals surface area contributed by atoms with Gasteiger partial charge in [-0.2, -0.15) is 0 Å². The Bertz CT molecular complexity index is 481. The number of hydrogen-bond donors (Lipinski definition) is 1. The van der Waals surface area contributed by atoms with Crippen molar-refractivity contribution < 1.29 is 9.59 Å². The molecule has 0 heterocycles. The van der Waals surface area contributed by atoms with Crippen molar-refractivity contribution in [2.45, 2.75) is 33.1 Å². The molecule has 21 heavy (non-hydrogen) atoms. The maximum atomic E-state index is 12.4. The minimum Gasteiger partial charge on any atom is -0.342 e. The minimum atomic E-state index is -0.158. The van der Waals surface area contributed by atoms with Crippen LogP contribution in [0.15, 0.2) is 30.3 Å². The molecule has 1 fully saturated rings. The maximum absolute atomic E-state index is 12.4. The highest BCUT2D eigenvalue weighted by Gasteiger charge is 2.49. The van der Waals surface area contributed by atoms with Gasteiger partial charge in [-0.1, -0.05) is 32.0 Å². The van der Waals surface area contributed by atoms with Crippen LogP contribution in [0.25, 0.3) is 0 Å². The molecule has 1 aliphatic rings. The zero-order valence-electron chi connectivity index (χ0n) is 12.8. The molecule has 4 nitrogen and oxygen atoms in total. The molecule has 0 aliphatic heterocycles. The summed E-state index contributed by atoms with van der Waals surface area (Å²) in [5, 5.41) is 2.88. The number of carbonyl (C=O) groups is 2. The topological polar surface area (TPSA) is 49.4 Å². The first-order chi connectivity index (χ1) is 10.2. The number of rotatable bonds is 7. The first-order valence-corrected chi connectivity index (χ1v) is 7.82. The summed E-state index contributed by atoms with van der Waals surface area (Å²) in [4.78, 5) is 26.4.